The number of benzene rings is 18. The standard InChI is InChI=1S/C108H71BN4/c1-10-30-72(31-11-1)81-52-60-98-92(64-81)93-65-82(73-32-12-2-13-33-73)53-61-99(93)110(98)86-56-58-96-102(70-86)112(107-88(77-40-20-6-21-41-77)48-28-49-89(107)78-42-22-7-23-43-78)104-68-85(76-38-18-5-19-39-76)69-105-106(104)109(96)97-59-57-87(71-103(97)113(105)108-90(79-44-24-8-25-45-79)50-29-51-91(108)80-46-26-9-27-47-80)111-100-62-54-83(74-34-14-3-15-35-74)66-94(100)95-67-84(55-63-101(95)111)75-36-16-4-17-37-75/h1-71H. The van der Waals surface area contributed by atoms with Crippen LogP contribution in [-0.2, 0) is 0 Å². The fourth-order valence-electron chi connectivity index (χ4n) is 18.3. The molecular formula is C108H71BN4. The van der Waals surface area contributed by atoms with Gasteiger partial charge in [0.25, 0.3) is 6.71 Å². The normalized spacial score (nSPS) is 12.2. The Morgan fingerprint density at radius 2 is 0.416 bits per heavy atom. The zero-order valence-electron chi connectivity index (χ0n) is 61.9. The first-order valence-electron chi connectivity index (χ1n) is 39.1. The van der Waals surface area contributed by atoms with Crippen molar-refractivity contribution < 1.29 is 0 Å². The first-order valence-corrected chi connectivity index (χ1v) is 39.1. The third kappa shape index (κ3) is 11.0. The molecule has 0 N–H and O–H groups in total. The Labute approximate surface area is 657 Å². The highest BCUT2D eigenvalue weighted by molar-refractivity contribution is 7.00. The lowest BCUT2D eigenvalue weighted by molar-refractivity contribution is 1.17. The number of nitrogens with zero attached hydrogens (tertiary/aromatic N) is 4. The highest BCUT2D eigenvalue weighted by atomic mass is 15.2. The van der Waals surface area contributed by atoms with E-state index in [1.165, 1.54) is 82.4 Å². The van der Waals surface area contributed by atoms with E-state index in [1.54, 1.807) is 0 Å². The van der Waals surface area contributed by atoms with Crippen LogP contribution >= 0.6 is 0 Å². The van der Waals surface area contributed by atoms with Gasteiger partial charge in [-0.2, -0.15) is 0 Å². The fraction of sp³-hybridized carbons (Fsp3) is 0. The summed E-state index contributed by atoms with van der Waals surface area (Å²) in [5.41, 5.74) is 37.5. The highest BCUT2D eigenvalue weighted by Gasteiger charge is 2.46. The van der Waals surface area contributed by atoms with Gasteiger partial charge in [-0.3, -0.25) is 0 Å². The molecule has 0 saturated carbocycles. The summed E-state index contributed by atoms with van der Waals surface area (Å²) in [4.78, 5) is 5.37. The number of hydrogen-bond donors (Lipinski definition) is 0. The third-order valence-electron chi connectivity index (χ3n) is 23.5. The number of fused-ring (bicyclic) bond motifs is 10. The van der Waals surface area contributed by atoms with Crippen LogP contribution < -0.4 is 26.2 Å². The average molecular weight is 1440 g/mol. The molecule has 20 aromatic rings. The van der Waals surface area contributed by atoms with Gasteiger partial charge >= 0.3 is 0 Å². The monoisotopic (exact) mass is 1430 g/mol. The Morgan fingerprint density at radius 3 is 0.681 bits per heavy atom. The topological polar surface area (TPSA) is 16.3 Å². The molecule has 2 aromatic heterocycles. The molecule has 2 aliphatic heterocycles. The van der Waals surface area contributed by atoms with Crippen LogP contribution in [0.2, 0.25) is 0 Å². The van der Waals surface area contributed by atoms with Crippen molar-refractivity contribution in [2.75, 3.05) is 9.80 Å². The molecule has 2 aliphatic rings. The minimum atomic E-state index is -0.293. The number of anilines is 6. The second-order valence-electron chi connectivity index (χ2n) is 29.8. The van der Waals surface area contributed by atoms with Gasteiger partial charge in [-0.15, -0.1) is 0 Å². The van der Waals surface area contributed by atoms with Crippen molar-refractivity contribution >= 4 is 101 Å². The third-order valence-corrected chi connectivity index (χ3v) is 23.5. The molecule has 526 valence electrons. The van der Waals surface area contributed by atoms with E-state index >= 15 is 0 Å². The first-order chi connectivity index (χ1) is 56.1. The Kier molecular flexibility index (Phi) is 15.7. The molecule has 4 nitrogen and oxygen atoms in total. The second-order valence-corrected chi connectivity index (χ2v) is 29.8. The van der Waals surface area contributed by atoms with E-state index in [-0.39, 0.29) is 6.71 Å². The van der Waals surface area contributed by atoms with Crippen molar-refractivity contribution in [3.63, 3.8) is 0 Å². The lowest BCUT2D eigenvalue weighted by atomic mass is 9.33. The maximum absolute atomic E-state index is 2.68. The summed E-state index contributed by atoms with van der Waals surface area (Å²) >= 11 is 0. The Morgan fingerprint density at radius 1 is 0.168 bits per heavy atom. The van der Waals surface area contributed by atoms with Gasteiger partial charge in [0.15, 0.2) is 0 Å². The SMILES string of the molecule is c1ccc(-c2cc3c4c(c2)N(c2c(-c5ccccc5)cccc2-c2ccccc2)c2cc(-n5c6ccc(-c7ccccc7)cc6c6cc(-c7ccccc7)ccc65)ccc2B4c2ccc(-n4c5ccc(-c6ccccc6)cc5c5cc(-c6ccccc6)ccc54)cc2N3c2c(-c3ccccc3)cccc2-c2ccccc2)cc1. The first kappa shape index (κ1) is 65.3. The summed E-state index contributed by atoms with van der Waals surface area (Å²) in [7, 11) is 0. The van der Waals surface area contributed by atoms with Crippen LogP contribution in [0.5, 0.6) is 0 Å². The molecule has 113 heavy (non-hydrogen) atoms. The summed E-state index contributed by atoms with van der Waals surface area (Å²) in [5, 5.41) is 4.76. The molecule has 22 rings (SSSR count). The van der Waals surface area contributed by atoms with Crippen LogP contribution in [-0.4, -0.2) is 15.8 Å². The molecule has 0 aliphatic carbocycles. The average Bonchev–Trinajstić information content (AvgIpc) is 1.05. The van der Waals surface area contributed by atoms with Gasteiger partial charge in [0.05, 0.1) is 33.4 Å². The van der Waals surface area contributed by atoms with E-state index in [1.807, 2.05) is 0 Å². The molecule has 5 heteroatoms. The molecule has 0 radical (unpaired) electrons. The molecule has 0 amide bonds. The Bertz CT molecular complexity index is 6350. The Balaban J connectivity index is 0.877. The van der Waals surface area contributed by atoms with Crippen LogP contribution in [0.4, 0.5) is 34.1 Å². The maximum atomic E-state index is 2.68. The van der Waals surface area contributed by atoms with Gasteiger partial charge in [0, 0.05) is 77.9 Å². The summed E-state index contributed by atoms with van der Waals surface area (Å²) in [6, 6.07) is 161. The summed E-state index contributed by atoms with van der Waals surface area (Å²) in [6.07, 6.45) is 0. The molecule has 0 bridgehead atoms. The predicted octanol–water partition coefficient (Wildman–Crippen LogP) is 27.0. The van der Waals surface area contributed by atoms with Crippen molar-refractivity contribution in [2.24, 2.45) is 0 Å². The Hall–Kier alpha value is -14.8. The van der Waals surface area contributed by atoms with Crippen LogP contribution in [0.15, 0.2) is 431 Å². The summed E-state index contributed by atoms with van der Waals surface area (Å²) < 4.78 is 5.06. The van der Waals surface area contributed by atoms with Gasteiger partial charge in [-0.25, -0.2) is 0 Å². The second kappa shape index (κ2) is 27.1. The summed E-state index contributed by atoms with van der Waals surface area (Å²) in [5.74, 6) is 0. The van der Waals surface area contributed by atoms with Crippen molar-refractivity contribution in [3.8, 4) is 112 Å². The van der Waals surface area contributed by atoms with Gasteiger partial charge in [0.1, 0.15) is 0 Å². The van der Waals surface area contributed by atoms with Crippen molar-refractivity contribution in [1.82, 2.24) is 9.13 Å². The molecule has 0 saturated heterocycles. The number of hydrogen-bond acceptors (Lipinski definition) is 2. The molecular weight excluding hydrogens is 1360 g/mol. The molecule has 4 heterocycles. The lowest BCUT2D eigenvalue weighted by Gasteiger charge is -2.46. The summed E-state index contributed by atoms with van der Waals surface area (Å²) in [6.45, 7) is -0.293. The van der Waals surface area contributed by atoms with E-state index in [9.17, 15) is 0 Å². The number of rotatable bonds is 13. The van der Waals surface area contributed by atoms with E-state index in [0.717, 1.165) is 123 Å². The smallest absolute Gasteiger partial charge is 0.252 e. The van der Waals surface area contributed by atoms with Gasteiger partial charge < -0.3 is 18.9 Å². The van der Waals surface area contributed by atoms with Crippen molar-refractivity contribution in [3.05, 3.63) is 431 Å². The zero-order valence-corrected chi connectivity index (χ0v) is 61.9. The largest absolute Gasteiger partial charge is 0.310 e. The van der Waals surface area contributed by atoms with E-state index in [0.29, 0.717) is 0 Å². The number of para-hydroxylation sites is 2. The lowest BCUT2D eigenvalue weighted by Crippen LogP contribution is -2.61. The quantitative estimate of drug-likeness (QED) is 0.107. The van der Waals surface area contributed by atoms with E-state index < -0.39 is 0 Å². The van der Waals surface area contributed by atoms with Crippen LogP contribution in [0.25, 0.3) is 155 Å². The van der Waals surface area contributed by atoms with Gasteiger partial charge in [-0.1, -0.05) is 346 Å². The fourth-order valence-corrected chi connectivity index (χ4v) is 18.3. The zero-order chi connectivity index (χ0) is 74.5. The molecule has 0 fully saturated rings. The predicted molar refractivity (Wildman–Crippen MR) is 478 cm³/mol. The number of aromatic nitrogens is 2. The van der Waals surface area contributed by atoms with Crippen LogP contribution in [0.3, 0.4) is 0 Å². The minimum Gasteiger partial charge on any atom is -0.310 e. The highest BCUT2D eigenvalue weighted by Crippen LogP contribution is 2.55. The molecule has 0 unspecified atom stereocenters. The van der Waals surface area contributed by atoms with Crippen LogP contribution in [0.1, 0.15) is 0 Å². The van der Waals surface area contributed by atoms with E-state index in [4.69, 9.17) is 0 Å². The van der Waals surface area contributed by atoms with E-state index in [2.05, 4.69) is 450 Å². The van der Waals surface area contributed by atoms with Crippen molar-refractivity contribution in [1.29, 1.82) is 0 Å². The van der Waals surface area contributed by atoms with Gasteiger partial charge in [0.2, 0.25) is 0 Å². The minimum absolute atomic E-state index is 0.293. The van der Waals surface area contributed by atoms with Crippen molar-refractivity contribution in [2.45, 2.75) is 0 Å². The molecule has 0 atom stereocenters. The van der Waals surface area contributed by atoms with Gasteiger partial charge in [-0.05, 0) is 179 Å². The van der Waals surface area contributed by atoms with Crippen LogP contribution in [0, 0.1) is 0 Å². The molecule has 0 spiro atoms. The molecule has 18 aromatic carbocycles. The maximum Gasteiger partial charge on any atom is 0.252 e.